The summed E-state index contributed by atoms with van der Waals surface area (Å²) in [5.74, 6) is -0.206. The average Bonchev–Trinajstić information content (AvgIpc) is 2.44. The zero-order valence-corrected chi connectivity index (χ0v) is 13.7. The maximum atomic E-state index is 13.5. The summed E-state index contributed by atoms with van der Waals surface area (Å²) in [6.07, 6.45) is 1.58. The molecule has 0 spiro atoms. The van der Waals surface area contributed by atoms with Crippen LogP contribution < -0.4 is 5.32 Å². The Balaban J connectivity index is 0.00000200. The van der Waals surface area contributed by atoms with Gasteiger partial charge in [0.1, 0.15) is 5.82 Å². The molecule has 0 saturated carbocycles. The van der Waals surface area contributed by atoms with Gasteiger partial charge in [0.15, 0.2) is 0 Å². The van der Waals surface area contributed by atoms with Crippen molar-refractivity contribution >= 4 is 28.3 Å². The Morgan fingerprint density at radius 2 is 2.05 bits per heavy atom. The lowest BCUT2D eigenvalue weighted by Gasteiger charge is -2.35. The van der Waals surface area contributed by atoms with Crippen LogP contribution in [0.1, 0.15) is 24.4 Å². The van der Waals surface area contributed by atoms with Crippen molar-refractivity contribution < 1.29 is 9.50 Å². The van der Waals surface area contributed by atoms with E-state index in [9.17, 15) is 4.39 Å². The van der Waals surface area contributed by atoms with Gasteiger partial charge in [-0.15, -0.1) is 12.4 Å². The summed E-state index contributed by atoms with van der Waals surface area (Å²) in [4.78, 5) is 2.37. The van der Waals surface area contributed by atoms with Gasteiger partial charge in [0, 0.05) is 43.3 Å². The van der Waals surface area contributed by atoms with Crippen LogP contribution in [0.3, 0.4) is 0 Å². The second-order valence-electron chi connectivity index (χ2n) is 4.83. The Bertz CT molecular complexity index is 416. The predicted molar refractivity (Wildman–Crippen MR) is 84.9 cm³/mol. The Morgan fingerprint density at radius 1 is 1.35 bits per heavy atom. The Morgan fingerprint density at radius 3 is 2.70 bits per heavy atom. The van der Waals surface area contributed by atoms with Crippen LogP contribution in [0.25, 0.3) is 0 Å². The largest absolute Gasteiger partial charge is 0.396 e. The third-order valence-corrected chi connectivity index (χ3v) is 4.27. The van der Waals surface area contributed by atoms with E-state index in [4.69, 9.17) is 5.11 Å². The van der Waals surface area contributed by atoms with Gasteiger partial charge < -0.3 is 10.4 Å². The number of nitrogens with zero attached hydrogens (tertiary/aromatic N) is 1. The maximum absolute atomic E-state index is 13.5. The third-order valence-electron chi connectivity index (χ3n) is 3.55. The third kappa shape index (κ3) is 4.67. The Labute approximate surface area is 134 Å². The molecule has 20 heavy (non-hydrogen) atoms. The molecule has 2 rings (SSSR count). The average molecular weight is 368 g/mol. The van der Waals surface area contributed by atoms with E-state index in [2.05, 4.69) is 26.1 Å². The zero-order valence-electron chi connectivity index (χ0n) is 11.3. The molecule has 1 aliphatic rings. The molecule has 114 valence electrons. The minimum absolute atomic E-state index is 0. The van der Waals surface area contributed by atoms with E-state index in [1.54, 1.807) is 12.1 Å². The van der Waals surface area contributed by atoms with Crippen molar-refractivity contribution in [2.75, 3.05) is 32.8 Å². The summed E-state index contributed by atoms with van der Waals surface area (Å²) in [6.45, 7) is 4.01. The second-order valence-corrected chi connectivity index (χ2v) is 5.69. The van der Waals surface area contributed by atoms with Gasteiger partial charge in [0.25, 0.3) is 0 Å². The van der Waals surface area contributed by atoms with E-state index < -0.39 is 0 Å². The van der Waals surface area contributed by atoms with Gasteiger partial charge in [-0.1, -0.05) is 15.9 Å². The fraction of sp³-hybridized carbons (Fsp3) is 0.571. The number of aliphatic hydroxyl groups is 1. The first kappa shape index (κ1) is 17.9. The van der Waals surface area contributed by atoms with Gasteiger partial charge in [-0.3, -0.25) is 4.90 Å². The molecule has 1 saturated heterocycles. The lowest BCUT2D eigenvalue weighted by Crippen LogP contribution is -2.45. The number of aliphatic hydroxyl groups excluding tert-OH is 1. The highest BCUT2D eigenvalue weighted by Crippen LogP contribution is 2.32. The summed E-state index contributed by atoms with van der Waals surface area (Å²) in [5, 5.41) is 12.4. The minimum Gasteiger partial charge on any atom is -0.396 e. The molecular formula is C14H21BrClFN2O. The molecule has 0 amide bonds. The molecule has 0 radical (unpaired) electrons. The summed E-state index contributed by atoms with van der Waals surface area (Å²) in [7, 11) is 0. The molecule has 6 heteroatoms. The molecule has 0 aliphatic carbocycles. The van der Waals surface area contributed by atoms with E-state index in [1.165, 1.54) is 6.07 Å². The van der Waals surface area contributed by atoms with Crippen molar-refractivity contribution in [3.8, 4) is 0 Å². The summed E-state index contributed by atoms with van der Waals surface area (Å²) in [5.41, 5.74) is 0.982. The number of nitrogens with one attached hydrogen (secondary N) is 1. The standard InChI is InChI=1S/C14H20BrFN2O.ClH/c15-13-4-3-11(16)10-12(13)14(2-1-9-19)18-7-5-17-6-8-18;/h3-4,10,14,17,19H,1-2,5-9H2;1H/t14-;/m1./s1. The van der Waals surface area contributed by atoms with Gasteiger partial charge in [-0.25, -0.2) is 4.39 Å². The summed E-state index contributed by atoms with van der Waals surface area (Å²) >= 11 is 3.52. The van der Waals surface area contributed by atoms with Crippen LogP contribution in [0.5, 0.6) is 0 Å². The molecule has 1 fully saturated rings. The normalized spacial score (nSPS) is 17.6. The highest BCUT2D eigenvalue weighted by molar-refractivity contribution is 9.10. The molecule has 1 atom stereocenters. The number of rotatable bonds is 5. The van der Waals surface area contributed by atoms with E-state index in [-0.39, 0.29) is 30.9 Å². The zero-order chi connectivity index (χ0) is 13.7. The van der Waals surface area contributed by atoms with E-state index in [1.807, 2.05) is 0 Å². The van der Waals surface area contributed by atoms with Gasteiger partial charge in [0.05, 0.1) is 0 Å². The van der Waals surface area contributed by atoms with Gasteiger partial charge in [-0.05, 0) is 36.6 Å². The maximum Gasteiger partial charge on any atom is 0.123 e. The van der Waals surface area contributed by atoms with Gasteiger partial charge in [0.2, 0.25) is 0 Å². The first-order valence-corrected chi connectivity index (χ1v) is 7.52. The van der Waals surface area contributed by atoms with Crippen molar-refractivity contribution in [3.63, 3.8) is 0 Å². The highest BCUT2D eigenvalue weighted by atomic mass is 79.9. The number of benzene rings is 1. The fourth-order valence-electron chi connectivity index (χ4n) is 2.58. The van der Waals surface area contributed by atoms with E-state index >= 15 is 0 Å². The first-order valence-electron chi connectivity index (χ1n) is 6.73. The quantitative estimate of drug-likeness (QED) is 0.840. The van der Waals surface area contributed by atoms with Crippen LogP contribution in [0.4, 0.5) is 4.39 Å². The van der Waals surface area contributed by atoms with Crippen molar-refractivity contribution in [3.05, 3.63) is 34.1 Å². The minimum atomic E-state index is -0.206. The number of hydrogen-bond donors (Lipinski definition) is 2. The van der Waals surface area contributed by atoms with Crippen molar-refractivity contribution in [2.45, 2.75) is 18.9 Å². The molecule has 1 aromatic carbocycles. The predicted octanol–water partition coefficient (Wildman–Crippen LogP) is 2.73. The Hall–Kier alpha value is -0.200. The Kier molecular flexibility index (Phi) is 7.99. The molecule has 2 N–H and O–H groups in total. The molecule has 1 heterocycles. The molecule has 0 bridgehead atoms. The van der Waals surface area contributed by atoms with Crippen molar-refractivity contribution in [2.24, 2.45) is 0 Å². The molecule has 3 nitrogen and oxygen atoms in total. The lowest BCUT2D eigenvalue weighted by atomic mass is 9.99. The SMILES string of the molecule is Cl.OCCC[C@H](c1cc(F)ccc1Br)N1CCNCC1. The van der Waals surface area contributed by atoms with Crippen LogP contribution >= 0.6 is 28.3 Å². The van der Waals surface area contributed by atoms with Crippen LogP contribution in [0.15, 0.2) is 22.7 Å². The molecule has 1 aromatic rings. The molecule has 0 aromatic heterocycles. The second kappa shape index (κ2) is 8.95. The van der Waals surface area contributed by atoms with Crippen LogP contribution in [0, 0.1) is 5.82 Å². The topological polar surface area (TPSA) is 35.5 Å². The summed E-state index contributed by atoms with van der Waals surface area (Å²) < 4.78 is 14.4. The van der Waals surface area contributed by atoms with Crippen molar-refractivity contribution in [1.82, 2.24) is 10.2 Å². The molecular weight excluding hydrogens is 347 g/mol. The number of halogens is 3. The van der Waals surface area contributed by atoms with Gasteiger partial charge >= 0.3 is 0 Å². The highest BCUT2D eigenvalue weighted by Gasteiger charge is 2.23. The first-order chi connectivity index (χ1) is 9.22. The van der Waals surface area contributed by atoms with E-state index in [0.29, 0.717) is 0 Å². The number of hydrogen-bond acceptors (Lipinski definition) is 3. The lowest BCUT2D eigenvalue weighted by molar-refractivity contribution is 0.154. The number of piperazine rings is 1. The smallest absolute Gasteiger partial charge is 0.123 e. The van der Waals surface area contributed by atoms with Crippen LogP contribution in [0.2, 0.25) is 0 Å². The fourth-order valence-corrected chi connectivity index (χ4v) is 3.09. The van der Waals surface area contributed by atoms with Crippen LogP contribution in [-0.2, 0) is 0 Å². The van der Waals surface area contributed by atoms with Crippen LogP contribution in [-0.4, -0.2) is 42.8 Å². The van der Waals surface area contributed by atoms with Crippen molar-refractivity contribution in [1.29, 1.82) is 0 Å². The molecule has 1 aliphatic heterocycles. The van der Waals surface area contributed by atoms with Gasteiger partial charge in [-0.2, -0.15) is 0 Å². The summed E-state index contributed by atoms with van der Waals surface area (Å²) in [6, 6.07) is 5.00. The molecule has 0 unspecified atom stereocenters. The van der Waals surface area contributed by atoms with E-state index in [0.717, 1.165) is 49.1 Å². The monoisotopic (exact) mass is 366 g/mol.